The third-order valence-electron chi connectivity index (χ3n) is 8.90. The molecule has 0 spiro atoms. The zero-order chi connectivity index (χ0) is 31.6. The van der Waals surface area contributed by atoms with Gasteiger partial charge in [0.05, 0.1) is 27.8 Å². The summed E-state index contributed by atoms with van der Waals surface area (Å²) in [5, 5.41) is 23.3. The summed E-state index contributed by atoms with van der Waals surface area (Å²) in [5.74, 6) is 0. The third kappa shape index (κ3) is 4.78. The smallest absolute Gasteiger partial charge is 0.102 e. The van der Waals surface area contributed by atoms with Crippen molar-refractivity contribution in [3.8, 4) is 51.2 Å². The maximum absolute atomic E-state index is 10.5. The van der Waals surface area contributed by atoms with Crippen molar-refractivity contribution in [2.45, 2.75) is 13.8 Å². The van der Waals surface area contributed by atoms with Crippen LogP contribution in [0.2, 0.25) is 0 Å². The van der Waals surface area contributed by atoms with Crippen molar-refractivity contribution in [1.29, 1.82) is 10.5 Å². The molecule has 4 nitrogen and oxygen atoms in total. The van der Waals surface area contributed by atoms with Crippen LogP contribution in [0.1, 0.15) is 25.0 Å². The second-order valence-electron chi connectivity index (χ2n) is 11.3. The van der Waals surface area contributed by atoms with E-state index in [0.717, 1.165) is 39.1 Å². The Kier molecular flexibility index (Phi) is 7.55. The summed E-state index contributed by atoms with van der Waals surface area (Å²) in [4.78, 5) is 2.11. The first-order valence-electron chi connectivity index (χ1n) is 15.7. The summed E-state index contributed by atoms with van der Waals surface area (Å²) in [6.07, 6.45) is 0. The van der Waals surface area contributed by atoms with Gasteiger partial charge in [0.25, 0.3) is 0 Å². The van der Waals surface area contributed by atoms with Crippen LogP contribution in [0, 0.1) is 22.7 Å². The molecule has 220 valence electrons. The van der Waals surface area contributed by atoms with Gasteiger partial charge in [-0.3, -0.25) is 0 Å². The molecule has 0 aliphatic carbocycles. The molecule has 0 unspecified atom stereocenters. The number of fused-ring (bicyclic) bond motifs is 3. The molecular weight excluding hydrogens is 560 g/mol. The van der Waals surface area contributed by atoms with Crippen molar-refractivity contribution in [1.82, 2.24) is 4.57 Å². The first kappa shape index (κ1) is 28.7. The topological polar surface area (TPSA) is 55.8 Å². The molecule has 0 amide bonds. The molecule has 7 rings (SSSR count). The van der Waals surface area contributed by atoms with E-state index in [1.165, 1.54) is 21.8 Å². The van der Waals surface area contributed by atoms with E-state index in [4.69, 9.17) is 0 Å². The predicted molar refractivity (Wildman–Crippen MR) is 190 cm³/mol. The molecule has 6 aromatic carbocycles. The van der Waals surface area contributed by atoms with Crippen LogP contribution in [-0.4, -0.2) is 17.7 Å². The third-order valence-corrected chi connectivity index (χ3v) is 8.90. The van der Waals surface area contributed by atoms with Crippen molar-refractivity contribution >= 4 is 27.5 Å². The summed E-state index contributed by atoms with van der Waals surface area (Å²) < 4.78 is 2.33. The fraction of sp³-hybridized carbons (Fsp3) is 0.0952. The standard InChI is InChI=1S/C42H32N4/c1-3-45(4-2)42-38(27-43)36(30-13-6-5-7-14-30)26-37(39(42)28-44)31-23-21-29(22-24-31)32-15-12-16-33(25-32)46-40-19-10-8-17-34(40)35-18-9-11-20-41(35)46/h5-26H,3-4H2,1-2H3. The summed E-state index contributed by atoms with van der Waals surface area (Å²) in [5.41, 5.74) is 11.0. The Morgan fingerprint density at radius 2 is 1.02 bits per heavy atom. The van der Waals surface area contributed by atoms with Gasteiger partial charge in [0.15, 0.2) is 0 Å². The SMILES string of the molecule is CCN(CC)c1c(C#N)c(-c2ccccc2)cc(-c2ccc(-c3cccc(-n4c5ccccc5c5ccccc54)c3)cc2)c1C#N. The molecule has 0 saturated heterocycles. The predicted octanol–water partition coefficient (Wildman–Crippen LogP) is 10.4. The second-order valence-corrected chi connectivity index (χ2v) is 11.3. The number of rotatable bonds is 7. The fourth-order valence-corrected chi connectivity index (χ4v) is 6.69. The Bertz CT molecular complexity index is 2240. The van der Waals surface area contributed by atoms with Crippen molar-refractivity contribution in [2.75, 3.05) is 18.0 Å². The molecule has 1 heterocycles. The van der Waals surface area contributed by atoms with Crippen LogP contribution >= 0.6 is 0 Å². The Morgan fingerprint density at radius 3 is 1.59 bits per heavy atom. The molecule has 1 aromatic heterocycles. The van der Waals surface area contributed by atoms with E-state index < -0.39 is 0 Å². The maximum Gasteiger partial charge on any atom is 0.102 e. The number of anilines is 1. The first-order chi connectivity index (χ1) is 22.7. The second kappa shape index (κ2) is 12.1. The monoisotopic (exact) mass is 592 g/mol. The highest BCUT2D eigenvalue weighted by atomic mass is 15.1. The Hall–Kier alpha value is -6.10. The van der Waals surface area contributed by atoms with Crippen LogP contribution in [-0.2, 0) is 0 Å². The van der Waals surface area contributed by atoms with E-state index in [2.05, 4.69) is 133 Å². The highest BCUT2D eigenvalue weighted by molar-refractivity contribution is 6.09. The van der Waals surface area contributed by atoms with E-state index in [9.17, 15) is 10.5 Å². The van der Waals surface area contributed by atoms with Crippen molar-refractivity contribution in [3.63, 3.8) is 0 Å². The average molecular weight is 593 g/mol. The van der Waals surface area contributed by atoms with Crippen molar-refractivity contribution in [2.24, 2.45) is 0 Å². The summed E-state index contributed by atoms with van der Waals surface area (Å²) in [6, 6.07) is 51.1. The minimum absolute atomic E-state index is 0.529. The van der Waals surface area contributed by atoms with Gasteiger partial charge in [0, 0.05) is 40.7 Å². The van der Waals surface area contributed by atoms with Crippen LogP contribution in [0.15, 0.2) is 133 Å². The van der Waals surface area contributed by atoms with Crippen LogP contribution in [0.5, 0.6) is 0 Å². The minimum Gasteiger partial charge on any atom is -0.370 e. The number of nitriles is 2. The molecule has 0 N–H and O–H groups in total. The molecule has 0 saturated carbocycles. The number of para-hydroxylation sites is 2. The molecule has 0 fully saturated rings. The summed E-state index contributed by atoms with van der Waals surface area (Å²) in [7, 11) is 0. The van der Waals surface area contributed by atoms with Crippen molar-refractivity contribution < 1.29 is 0 Å². The minimum atomic E-state index is 0.529. The molecule has 4 heteroatoms. The Balaban J connectivity index is 1.35. The van der Waals surface area contributed by atoms with Gasteiger partial charge in [-0.2, -0.15) is 10.5 Å². The van der Waals surface area contributed by atoms with Gasteiger partial charge < -0.3 is 9.47 Å². The lowest BCUT2D eigenvalue weighted by atomic mass is 9.88. The van der Waals surface area contributed by atoms with E-state index >= 15 is 0 Å². The highest BCUT2D eigenvalue weighted by Gasteiger charge is 2.23. The number of hydrogen-bond donors (Lipinski definition) is 0. The highest BCUT2D eigenvalue weighted by Crippen LogP contribution is 2.41. The molecular formula is C42H32N4. The number of benzene rings is 6. The van der Waals surface area contributed by atoms with Gasteiger partial charge in [-0.25, -0.2) is 0 Å². The van der Waals surface area contributed by atoms with E-state index in [0.29, 0.717) is 29.9 Å². The molecule has 0 radical (unpaired) electrons. The number of hydrogen-bond acceptors (Lipinski definition) is 3. The summed E-state index contributed by atoms with van der Waals surface area (Å²) >= 11 is 0. The lowest BCUT2D eigenvalue weighted by Gasteiger charge is -2.26. The van der Waals surface area contributed by atoms with E-state index in [1.807, 2.05) is 36.4 Å². The molecule has 0 atom stereocenters. The van der Waals surface area contributed by atoms with Gasteiger partial charge >= 0.3 is 0 Å². The van der Waals surface area contributed by atoms with Crippen LogP contribution in [0.4, 0.5) is 5.69 Å². The summed E-state index contributed by atoms with van der Waals surface area (Å²) in [6.45, 7) is 5.50. The zero-order valence-electron chi connectivity index (χ0n) is 25.9. The molecule has 0 aliphatic heterocycles. The largest absolute Gasteiger partial charge is 0.370 e. The van der Waals surface area contributed by atoms with E-state index in [-0.39, 0.29) is 0 Å². The number of aromatic nitrogens is 1. The molecule has 46 heavy (non-hydrogen) atoms. The Morgan fingerprint density at radius 1 is 0.522 bits per heavy atom. The normalized spacial score (nSPS) is 11.0. The van der Waals surface area contributed by atoms with Gasteiger partial charge in [-0.15, -0.1) is 0 Å². The average Bonchev–Trinajstić information content (AvgIpc) is 3.46. The van der Waals surface area contributed by atoms with Crippen LogP contribution in [0.3, 0.4) is 0 Å². The van der Waals surface area contributed by atoms with Gasteiger partial charge in [0.2, 0.25) is 0 Å². The molecule has 0 bridgehead atoms. The van der Waals surface area contributed by atoms with E-state index in [1.54, 1.807) is 0 Å². The Labute approximate surface area is 269 Å². The lowest BCUT2D eigenvalue weighted by molar-refractivity contribution is 0.863. The van der Waals surface area contributed by atoms with Crippen LogP contribution in [0.25, 0.3) is 60.9 Å². The fourth-order valence-electron chi connectivity index (χ4n) is 6.69. The molecule has 0 aliphatic rings. The van der Waals surface area contributed by atoms with Crippen LogP contribution < -0.4 is 4.90 Å². The van der Waals surface area contributed by atoms with Crippen molar-refractivity contribution in [3.05, 3.63) is 145 Å². The number of nitrogens with zero attached hydrogens (tertiary/aromatic N) is 4. The quantitative estimate of drug-likeness (QED) is 0.185. The lowest BCUT2D eigenvalue weighted by Crippen LogP contribution is -2.24. The van der Waals surface area contributed by atoms with Gasteiger partial charge in [-0.1, -0.05) is 103 Å². The maximum atomic E-state index is 10.5. The molecule has 7 aromatic rings. The van der Waals surface area contributed by atoms with Gasteiger partial charge in [-0.05, 0) is 66.4 Å². The zero-order valence-corrected chi connectivity index (χ0v) is 25.9. The van der Waals surface area contributed by atoms with Gasteiger partial charge in [0.1, 0.15) is 12.1 Å². The first-order valence-corrected chi connectivity index (χ1v) is 15.7.